The summed E-state index contributed by atoms with van der Waals surface area (Å²) >= 11 is 1.48. The van der Waals surface area contributed by atoms with Crippen LogP contribution in [0.15, 0.2) is 36.4 Å². The molecule has 0 bridgehead atoms. The van der Waals surface area contributed by atoms with Crippen molar-refractivity contribution in [1.82, 2.24) is 4.98 Å². The van der Waals surface area contributed by atoms with E-state index in [-0.39, 0.29) is 17.4 Å². The first kappa shape index (κ1) is 17.3. The maximum Gasteiger partial charge on any atom is 0.273 e. The second-order valence-electron chi connectivity index (χ2n) is 5.36. The first-order valence-electron chi connectivity index (χ1n) is 8.01. The molecule has 0 aliphatic heterocycles. The third-order valence-corrected chi connectivity index (χ3v) is 4.85. The van der Waals surface area contributed by atoms with Gasteiger partial charge in [0.15, 0.2) is 6.79 Å². The minimum atomic E-state index is -0.338. The highest BCUT2D eigenvalue weighted by Gasteiger charge is 2.16. The van der Waals surface area contributed by atoms with E-state index in [0.29, 0.717) is 18.8 Å². The van der Waals surface area contributed by atoms with Crippen molar-refractivity contribution in [3.05, 3.63) is 52.1 Å². The first-order valence-corrected chi connectivity index (χ1v) is 8.82. The van der Waals surface area contributed by atoms with Crippen LogP contribution in [0, 0.1) is 10.1 Å². The molecule has 130 valence electrons. The Bertz CT molecular complexity index is 907. The third kappa shape index (κ3) is 3.78. The van der Waals surface area contributed by atoms with Crippen molar-refractivity contribution in [3.63, 3.8) is 0 Å². The van der Waals surface area contributed by atoms with Gasteiger partial charge in [-0.1, -0.05) is 19.1 Å². The number of thiazole rings is 1. The van der Waals surface area contributed by atoms with Crippen LogP contribution in [-0.4, -0.2) is 23.3 Å². The Labute approximate surface area is 149 Å². The average molecular weight is 358 g/mol. The van der Waals surface area contributed by atoms with Crippen LogP contribution in [0.2, 0.25) is 0 Å². The number of aromatic nitrogens is 1. The minimum absolute atomic E-state index is 0.139. The van der Waals surface area contributed by atoms with Crippen LogP contribution in [0.3, 0.4) is 0 Å². The van der Waals surface area contributed by atoms with Crippen LogP contribution in [-0.2, 0) is 11.2 Å². The van der Waals surface area contributed by atoms with Gasteiger partial charge in [-0.2, -0.15) is 0 Å². The molecule has 3 rings (SSSR count). The molecule has 0 fully saturated rings. The van der Waals surface area contributed by atoms with Gasteiger partial charge in [0, 0.05) is 23.8 Å². The maximum absolute atomic E-state index is 11.3. The molecule has 0 aliphatic carbocycles. The van der Waals surface area contributed by atoms with Crippen LogP contribution >= 0.6 is 11.3 Å². The Hall–Kier alpha value is -2.51. The van der Waals surface area contributed by atoms with Crippen molar-refractivity contribution in [2.75, 3.05) is 13.4 Å². The Morgan fingerprint density at radius 3 is 2.76 bits per heavy atom. The number of fused-ring (bicyclic) bond motifs is 1. The lowest BCUT2D eigenvalue weighted by Gasteiger charge is -2.04. The van der Waals surface area contributed by atoms with Gasteiger partial charge in [0.05, 0.1) is 15.1 Å². The van der Waals surface area contributed by atoms with Crippen molar-refractivity contribution >= 4 is 27.2 Å². The van der Waals surface area contributed by atoms with E-state index in [1.807, 2.05) is 38.1 Å². The Kier molecular flexibility index (Phi) is 5.25. The number of hydrogen-bond acceptors (Lipinski definition) is 6. The van der Waals surface area contributed by atoms with Gasteiger partial charge in [0.25, 0.3) is 5.69 Å². The first-order chi connectivity index (χ1) is 12.1. The van der Waals surface area contributed by atoms with Crippen molar-refractivity contribution in [2.45, 2.75) is 20.3 Å². The molecule has 0 radical (unpaired) electrons. The Balaban J connectivity index is 1.93. The van der Waals surface area contributed by atoms with E-state index in [9.17, 15) is 10.1 Å². The van der Waals surface area contributed by atoms with E-state index in [1.165, 1.54) is 11.3 Å². The zero-order valence-corrected chi connectivity index (χ0v) is 14.8. The number of benzene rings is 2. The molecule has 0 saturated heterocycles. The molecule has 0 N–H and O–H groups in total. The largest absolute Gasteiger partial charge is 0.468 e. The SMILES string of the molecule is CCOCOc1ccc2nc(-c3ccc(CC)c([N+](=O)[O-])c3)sc2c1. The van der Waals surface area contributed by atoms with E-state index in [1.54, 1.807) is 12.1 Å². The molecule has 0 saturated carbocycles. The van der Waals surface area contributed by atoms with E-state index in [4.69, 9.17) is 9.47 Å². The second kappa shape index (κ2) is 7.58. The standard InChI is InChI=1S/C18H18N2O4S/c1-3-12-5-6-13(9-16(12)20(21)22)18-19-15-8-7-14(10-17(15)25-18)24-11-23-4-2/h5-10H,3-4,11H2,1-2H3. The van der Waals surface area contributed by atoms with Gasteiger partial charge in [-0.3, -0.25) is 10.1 Å². The van der Waals surface area contributed by atoms with Crippen molar-refractivity contribution in [1.29, 1.82) is 0 Å². The smallest absolute Gasteiger partial charge is 0.273 e. The fourth-order valence-corrected chi connectivity index (χ4v) is 3.47. The molecule has 1 aromatic heterocycles. The van der Waals surface area contributed by atoms with Crippen molar-refractivity contribution in [2.24, 2.45) is 0 Å². The second-order valence-corrected chi connectivity index (χ2v) is 6.39. The number of nitrogens with zero attached hydrogens (tertiary/aromatic N) is 2. The fraction of sp³-hybridized carbons (Fsp3) is 0.278. The molecule has 0 aliphatic rings. The summed E-state index contributed by atoms with van der Waals surface area (Å²) in [6, 6.07) is 10.9. The topological polar surface area (TPSA) is 74.5 Å². The van der Waals surface area contributed by atoms with E-state index < -0.39 is 0 Å². The third-order valence-electron chi connectivity index (χ3n) is 3.78. The summed E-state index contributed by atoms with van der Waals surface area (Å²) < 4.78 is 11.7. The lowest BCUT2D eigenvalue weighted by Crippen LogP contribution is -2.01. The van der Waals surface area contributed by atoms with Crippen LogP contribution in [0.4, 0.5) is 5.69 Å². The molecule has 3 aromatic rings. The molecule has 1 heterocycles. The molecule has 0 unspecified atom stereocenters. The van der Waals surface area contributed by atoms with Crippen LogP contribution in [0.25, 0.3) is 20.8 Å². The van der Waals surface area contributed by atoms with Gasteiger partial charge >= 0.3 is 0 Å². The van der Waals surface area contributed by atoms with Gasteiger partial charge in [-0.25, -0.2) is 4.98 Å². The van der Waals surface area contributed by atoms with Crippen molar-refractivity contribution < 1.29 is 14.4 Å². The molecule has 6 nitrogen and oxygen atoms in total. The van der Waals surface area contributed by atoms with E-state index in [2.05, 4.69) is 4.98 Å². The van der Waals surface area contributed by atoms with E-state index >= 15 is 0 Å². The number of hydrogen-bond donors (Lipinski definition) is 0. The summed E-state index contributed by atoms with van der Waals surface area (Å²) in [5, 5.41) is 12.0. The molecule has 2 aromatic carbocycles. The minimum Gasteiger partial charge on any atom is -0.468 e. The summed E-state index contributed by atoms with van der Waals surface area (Å²) in [5.74, 6) is 0.712. The monoisotopic (exact) mass is 358 g/mol. The summed E-state index contributed by atoms with van der Waals surface area (Å²) in [5.41, 5.74) is 2.45. The molecule has 0 amide bonds. The number of aryl methyl sites for hydroxylation is 1. The molecule has 25 heavy (non-hydrogen) atoms. The summed E-state index contributed by atoms with van der Waals surface area (Å²) in [6.45, 7) is 4.62. The Morgan fingerprint density at radius 2 is 2.04 bits per heavy atom. The lowest BCUT2D eigenvalue weighted by molar-refractivity contribution is -0.385. The molecule has 0 atom stereocenters. The predicted octanol–water partition coefficient (Wildman–Crippen LogP) is 4.81. The van der Waals surface area contributed by atoms with Gasteiger partial charge in [0.2, 0.25) is 0 Å². The van der Waals surface area contributed by atoms with E-state index in [0.717, 1.165) is 26.4 Å². The lowest BCUT2D eigenvalue weighted by atomic mass is 10.1. The Morgan fingerprint density at radius 1 is 1.20 bits per heavy atom. The molecular weight excluding hydrogens is 340 g/mol. The van der Waals surface area contributed by atoms with Gasteiger partial charge in [-0.15, -0.1) is 11.3 Å². The summed E-state index contributed by atoms with van der Waals surface area (Å²) in [6.07, 6.45) is 0.622. The van der Waals surface area contributed by atoms with Crippen LogP contribution in [0.1, 0.15) is 19.4 Å². The highest BCUT2D eigenvalue weighted by atomic mass is 32.1. The van der Waals surface area contributed by atoms with Gasteiger partial charge < -0.3 is 9.47 Å². The number of nitro benzene ring substituents is 1. The molecule has 7 heteroatoms. The number of ether oxygens (including phenoxy) is 2. The average Bonchev–Trinajstić information content (AvgIpc) is 3.04. The highest BCUT2D eigenvalue weighted by molar-refractivity contribution is 7.21. The zero-order valence-electron chi connectivity index (χ0n) is 14.0. The predicted molar refractivity (Wildman–Crippen MR) is 98.2 cm³/mol. The molecule has 0 spiro atoms. The maximum atomic E-state index is 11.3. The van der Waals surface area contributed by atoms with Gasteiger partial charge in [-0.05, 0) is 31.5 Å². The zero-order chi connectivity index (χ0) is 17.8. The molecular formula is C18H18N2O4S. The van der Waals surface area contributed by atoms with Crippen LogP contribution < -0.4 is 4.74 Å². The quantitative estimate of drug-likeness (QED) is 0.262. The number of nitro groups is 1. The highest BCUT2D eigenvalue weighted by Crippen LogP contribution is 2.34. The number of rotatable bonds is 7. The summed E-state index contributed by atoms with van der Waals surface area (Å²) in [7, 11) is 0. The van der Waals surface area contributed by atoms with Crippen LogP contribution in [0.5, 0.6) is 5.75 Å². The normalized spacial score (nSPS) is 11.0. The fourth-order valence-electron chi connectivity index (χ4n) is 2.48. The van der Waals surface area contributed by atoms with Crippen molar-refractivity contribution in [3.8, 4) is 16.3 Å². The van der Waals surface area contributed by atoms with Gasteiger partial charge in [0.1, 0.15) is 10.8 Å². The summed E-state index contributed by atoms with van der Waals surface area (Å²) in [4.78, 5) is 15.5.